The molecule has 0 aliphatic rings. The van der Waals surface area contributed by atoms with Crippen molar-refractivity contribution in [3.8, 4) is 11.5 Å². The summed E-state index contributed by atoms with van der Waals surface area (Å²) in [5, 5.41) is 3.25. The lowest BCUT2D eigenvalue weighted by molar-refractivity contribution is 0.104. The quantitative estimate of drug-likeness (QED) is 0.377. The van der Waals surface area contributed by atoms with E-state index in [0.717, 1.165) is 21.6 Å². The van der Waals surface area contributed by atoms with Crippen LogP contribution < -0.4 is 10.1 Å². The highest BCUT2D eigenvalue weighted by Crippen LogP contribution is 2.30. The number of rotatable bonds is 6. The van der Waals surface area contributed by atoms with Gasteiger partial charge in [0.05, 0.1) is 5.69 Å². The standard InChI is InChI=1S/C22H18BrNO2/c1-16(15-21(25)17-7-3-2-4-8-17)24-20-9-5-6-10-22(20)26-19-13-11-18(23)12-14-19/h2-15,24H,1H3/b16-15-. The molecule has 0 amide bonds. The molecule has 0 aliphatic carbocycles. The second kappa shape index (κ2) is 8.50. The molecular formula is C22H18BrNO2. The molecule has 0 spiro atoms. The van der Waals surface area contributed by atoms with Crippen molar-refractivity contribution in [1.29, 1.82) is 0 Å². The zero-order valence-corrected chi connectivity index (χ0v) is 15.9. The van der Waals surface area contributed by atoms with Crippen LogP contribution in [0.1, 0.15) is 17.3 Å². The molecule has 3 nitrogen and oxygen atoms in total. The molecule has 1 N–H and O–H groups in total. The Morgan fingerprint density at radius 1 is 0.923 bits per heavy atom. The summed E-state index contributed by atoms with van der Waals surface area (Å²) in [6.07, 6.45) is 1.59. The van der Waals surface area contributed by atoms with Gasteiger partial charge in [-0.1, -0.05) is 58.4 Å². The Kier molecular flexibility index (Phi) is 5.87. The molecule has 0 heterocycles. The second-order valence-electron chi connectivity index (χ2n) is 5.73. The zero-order valence-electron chi connectivity index (χ0n) is 14.3. The average molecular weight is 408 g/mol. The summed E-state index contributed by atoms with van der Waals surface area (Å²) in [4.78, 5) is 12.3. The monoisotopic (exact) mass is 407 g/mol. The molecule has 0 unspecified atom stereocenters. The van der Waals surface area contributed by atoms with Crippen LogP contribution in [-0.2, 0) is 0 Å². The number of nitrogens with one attached hydrogen (secondary N) is 1. The third kappa shape index (κ3) is 4.83. The molecule has 0 aliphatic heterocycles. The second-order valence-corrected chi connectivity index (χ2v) is 6.65. The summed E-state index contributed by atoms with van der Waals surface area (Å²) < 4.78 is 6.95. The summed E-state index contributed by atoms with van der Waals surface area (Å²) in [5.74, 6) is 1.39. The van der Waals surface area contributed by atoms with Crippen molar-refractivity contribution < 1.29 is 9.53 Å². The highest BCUT2D eigenvalue weighted by molar-refractivity contribution is 9.10. The van der Waals surface area contributed by atoms with Crippen LogP contribution in [0.15, 0.2) is 95.1 Å². The van der Waals surface area contributed by atoms with Crippen molar-refractivity contribution in [3.05, 3.63) is 101 Å². The Balaban J connectivity index is 1.76. The Bertz CT molecular complexity index is 918. The van der Waals surface area contributed by atoms with Crippen LogP contribution in [0.25, 0.3) is 0 Å². The van der Waals surface area contributed by atoms with Crippen LogP contribution in [-0.4, -0.2) is 5.78 Å². The summed E-state index contributed by atoms with van der Waals surface area (Å²) in [6, 6.07) is 24.5. The fourth-order valence-electron chi connectivity index (χ4n) is 2.42. The molecule has 0 radical (unpaired) electrons. The molecule has 0 atom stereocenters. The lowest BCUT2D eigenvalue weighted by Gasteiger charge is -2.13. The minimum absolute atomic E-state index is 0.0399. The number of allylic oxidation sites excluding steroid dienone is 2. The van der Waals surface area contributed by atoms with Crippen molar-refractivity contribution in [3.63, 3.8) is 0 Å². The van der Waals surface area contributed by atoms with Crippen molar-refractivity contribution >= 4 is 27.4 Å². The predicted molar refractivity (Wildman–Crippen MR) is 109 cm³/mol. The maximum atomic E-state index is 12.3. The maximum Gasteiger partial charge on any atom is 0.187 e. The van der Waals surface area contributed by atoms with Gasteiger partial charge < -0.3 is 10.1 Å². The fraction of sp³-hybridized carbons (Fsp3) is 0.0455. The fourth-order valence-corrected chi connectivity index (χ4v) is 2.68. The lowest BCUT2D eigenvalue weighted by Crippen LogP contribution is -2.02. The molecule has 26 heavy (non-hydrogen) atoms. The van der Waals surface area contributed by atoms with Gasteiger partial charge in [-0.15, -0.1) is 0 Å². The first-order valence-electron chi connectivity index (χ1n) is 8.19. The van der Waals surface area contributed by atoms with Gasteiger partial charge in [0.25, 0.3) is 0 Å². The zero-order chi connectivity index (χ0) is 18.4. The topological polar surface area (TPSA) is 38.3 Å². The third-order valence-electron chi connectivity index (χ3n) is 3.67. The Hall–Kier alpha value is -2.85. The molecule has 3 aromatic carbocycles. The SMILES string of the molecule is C/C(=C/C(=O)c1ccccc1)Nc1ccccc1Oc1ccc(Br)cc1. The van der Waals surface area contributed by atoms with E-state index in [4.69, 9.17) is 4.74 Å². The maximum absolute atomic E-state index is 12.3. The van der Waals surface area contributed by atoms with E-state index in [0.29, 0.717) is 11.3 Å². The normalized spacial score (nSPS) is 11.1. The van der Waals surface area contributed by atoms with Crippen LogP contribution in [0.2, 0.25) is 0 Å². The number of carbonyl (C=O) groups excluding carboxylic acids is 1. The van der Waals surface area contributed by atoms with Crippen molar-refractivity contribution in [2.75, 3.05) is 5.32 Å². The average Bonchev–Trinajstić information content (AvgIpc) is 2.66. The van der Waals surface area contributed by atoms with Gasteiger partial charge in [0.2, 0.25) is 0 Å². The molecule has 4 heteroatoms. The van der Waals surface area contributed by atoms with Gasteiger partial charge in [-0.05, 0) is 43.3 Å². The minimum atomic E-state index is -0.0399. The highest BCUT2D eigenvalue weighted by atomic mass is 79.9. The van der Waals surface area contributed by atoms with Crippen LogP contribution >= 0.6 is 15.9 Å². The van der Waals surface area contributed by atoms with Gasteiger partial charge >= 0.3 is 0 Å². The summed E-state index contributed by atoms with van der Waals surface area (Å²) in [6.45, 7) is 1.86. The van der Waals surface area contributed by atoms with Crippen LogP contribution in [0, 0.1) is 0 Å². The molecule has 0 aromatic heterocycles. The van der Waals surface area contributed by atoms with E-state index in [1.807, 2.05) is 73.7 Å². The van der Waals surface area contributed by atoms with E-state index in [2.05, 4.69) is 21.2 Å². The number of halogens is 1. The summed E-state index contributed by atoms with van der Waals surface area (Å²) in [5.41, 5.74) is 2.20. The van der Waals surface area contributed by atoms with Crippen molar-refractivity contribution in [1.82, 2.24) is 0 Å². The van der Waals surface area contributed by atoms with Gasteiger partial charge in [0.1, 0.15) is 5.75 Å². The Morgan fingerprint density at radius 3 is 2.31 bits per heavy atom. The van der Waals surface area contributed by atoms with E-state index in [9.17, 15) is 4.79 Å². The smallest absolute Gasteiger partial charge is 0.187 e. The molecule has 3 aromatic rings. The van der Waals surface area contributed by atoms with Gasteiger partial charge in [-0.2, -0.15) is 0 Å². The molecule has 0 saturated heterocycles. The van der Waals surface area contributed by atoms with Gasteiger partial charge in [-0.25, -0.2) is 0 Å². The summed E-state index contributed by atoms with van der Waals surface area (Å²) >= 11 is 3.41. The molecule has 0 saturated carbocycles. The Labute approximate surface area is 161 Å². The first kappa shape index (κ1) is 18.0. The first-order valence-corrected chi connectivity index (χ1v) is 8.98. The number of anilines is 1. The molecule has 130 valence electrons. The number of hydrogen-bond acceptors (Lipinski definition) is 3. The molecule has 3 rings (SSSR count). The van der Waals surface area contributed by atoms with Crippen molar-refractivity contribution in [2.45, 2.75) is 6.92 Å². The van der Waals surface area contributed by atoms with Crippen molar-refractivity contribution in [2.24, 2.45) is 0 Å². The number of para-hydroxylation sites is 2. The van der Waals surface area contributed by atoms with E-state index >= 15 is 0 Å². The van der Waals surface area contributed by atoms with Gasteiger partial charge in [0.15, 0.2) is 11.5 Å². The van der Waals surface area contributed by atoms with E-state index in [1.165, 1.54) is 0 Å². The largest absolute Gasteiger partial charge is 0.455 e. The minimum Gasteiger partial charge on any atom is -0.455 e. The number of ketones is 1. The molecule has 0 bridgehead atoms. The highest BCUT2D eigenvalue weighted by Gasteiger charge is 2.07. The van der Waals surface area contributed by atoms with E-state index in [-0.39, 0.29) is 5.78 Å². The summed E-state index contributed by atoms with van der Waals surface area (Å²) in [7, 11) is 0. The molecule has 0 fully saturated rings. The molecular weight excluding hydrogens is 390 g/mol. The third-order valence-corrected chi connectivity index (χ3v) is 4.19. The first-order chi connectivity index (χ1) is 12.6. The van der Waals surface area contributed by atoms with Gasteiger partial charge in [-0.3, -0.25) is 4.79 Å². The predicted octanol–water partition coefficient (Wildman–Crippen LogP) is 6.44. The van der Waals surface area contributed by atoms with Gasteiger partial charge in [0, 0.05) is 21.8 Å². The number of hydrogen-bond donors (Lipinski definition) is 1. The van der Waals surface area contributed by atoms with Crippen LogP contribution in [0.4, 0.5) is 5.69 Å². The number of carbonyl (C=O) groups is 1. The van der Waals surface area contributed by atoms with E-state index in [1.54, 1.807) is 18.2 Å². The Morgan fingerprint density at radius 2 is 1.58 bits per heavy atom. The van der Waals surface area contributed by atoms with Crippen LogP contribution in [0.5, 0.6) is 11.5 Å². The lowest BCUT2D eigenvalue weighted by atomic mass is 10.1. The number of ether oxygens (including phenoxy) is 1. The van der Waals surface area contributed by atoms with E-state index < -0.39 is 0 Å². The van der Waals surface area contributed by atoms with Crippen LogP contribution in [0.3, 0.4) is 0 Å². The number of benzene rings is 3.